The van der Waals surface area contributed by atoms with E-state index in [1.807, 2.05) is 0 Å². The molecule has 0 heterocycles. The lowest BCUT2D eigenvalue weighted by atomic mass is 9.90. The van der Waals surface area contributed by atoms with Gasteiger partial charge in [0.1, 0.15) is 13.2 Å². The van der Waals surface area contributed by atoms with Crippen LogP contribution in [-0.4, -0.2) is 38.2 Å². The molecule has 0 radical (unpaired) electrons. The van der Waals surface area contributed by atoms with Crippen molar-refractivity contribution in [2.45, 2.75) is 40.5 Å². The number of ether oxygens (including phenoxy) is 2. The van der Waals surface area contributed by atoms with Gasteiger partial charge < -0.3 is 9.47 Å². The van der Waals surface area contributed by atoms with Crippen molar-refractivity contribution in [2.75, 3.05) is 26.3 Å². The molecule has 0 aliphatic carbocycles. The highest BCUT2D eigenvalue weighted by molar-refractivity contribution is 5.71. The van der Waals surface area contributed by atoms with E-state index in [4.69, 9.17) is 20.5 Å². The minimum Gasteiger partial charge on any atom is -0.462 e. The molecule has 0 saturated heterocycles. The topological polar surface area (TPSA) is 150 Å². The zero-order chi connectivity index (χ0) is 18.6. The number of nitrogens with zero attached hydrogens (tertiary/aromatic N) is 6. The molecule has 0 rings (SSSR count). The molecule has 0 amide bonds. The van der Waals surface area contributed by atoms with Crippen molar-refractivity contribution in [1.82, 2.24) is 0 Å². The number of hydrogen-bond donors (Lipinski definition) is 0. The zero-order valence-corrected chi connectivity index (χ0v) is 14.6. The molecule has 0 aliphatic heterocycles. The second-order valence-corrected chi connectivity index (χ2v) is 6.90. The number of hydrogen-bond acceptors (Lipinski definition) is 6. The number of esters is 2. The smallest absolute Gasteiger partial charge is 0.306 e. The molecule has 0 aromatic rings. The Balaban J connectivity index is 4.04. The van der Waals surface area contributed by atoms with Crippen molar-refractivity contribution in [3.05, 3.63) is 20.9 Å². The fraction of sp³-hybridized carbons (Fsp3) is 0.857. The van der Waals surface area contributed by atoms with Crippen LogP contribution >= 0.6 is 0 Å². The molecule has 0 atom stereocenters. The average Bonchev–Trinajstić information content (AvgIpc) is 2.46. The van der Waals surface area contributed by atoms with Crippen molar-refractivity contribution >= 4 is 11.9 Å². The fourth-order valence-corrected chi connectivity index (χ4v) is 1.75. The molecule has 0 aromatic carbocycles. The predicted octanol–water partition coefficient (Wildman–Crippen LogP) is 3.53. The summed E-state index contributed by atoms with van der Waals surface area (Å²) in [6.45, 7) is 7.44. The lowest BCUT2D eigenvalue weighted by molar-refractivity contribution is -0.154. The average molecular weight is 340 g/mol. The van der Waals surface area contributed by atoms with Gasteiger partial charge in [0.15, 0.2) is 0 Å². The van der Waals surface area contributed by atoms with Gasteiger partial charge in [0.25, 0.3) is 0 Å². The summed E-state index contributed by atoms with van der Waals surface area (Å²) in [6.07, 6.45) is 0.193. The van der Waals surface area contributed by atoms with Crippen molar-refractivity contribution in [1.29, 1.82) is 0 Å². The first kappa shape index (κ1) is 21.6. The van der Waals surface area contributed by atoms with Gasteiger partial charge in [-0.1, -0.05) is 37.9 Å². The minimum atomic E-state index is -0.495. The Morgan fingerprint density at radius 3 is 1.46 bits per heavy atom. The molecule has 0 aliphatic rings. The maximum atomic E-state index is 11.7. The summed E-state index contributed by atoms with van der Waals surface area (Å²) in [5.41, 5.74) is 15.6. The maximum absolute atomic E-state index is 11.7. The van der Waals surface area contributed by atoms with Crippen molar-refractivity contribution in [3.63, 3.8) is 0 Å². The molecular weight excluding hydrogens is 316 g/mol. The van der Waals surface area contributed by atoms with Crippen LogP contribution in [0.25, 0.3) is 20.9 Å². The van der Waals surface area contributed by atoms with E-state index in [-0.39, 0.29) is 39.1 Å². The highest BCUT2D eigenvalue weighted by atomic mass is 16.6. The standard InChI is InChI=1S/C14H24N6O4/c1-13(2,9-17-19-15)7-11(21)23-5-6-24-12(22)8-14(3,4)10-18-20-16/h5-10H2,1-4H3. The van der Waals surface area contributed by atoms with E-state index in [0.717, 1.165) is 0 Å². The number of carbonyl (C=O) groups excluding carboxylic acids is 2. The third-order valence-electron chi connectivity index (χ3n) is 2.98. The van der Waals surface area contributed by atoms with Gasteiger partial charge in [-0.2, -0.15) is 0 Å². The molecule has 0 bridgehead atoms. The van der Waals surface area contributed by atoms with E-state index < -0.39 is 22.8 Å². The quantitative estimate of drug-likeness (QED) is 0.186. The SMILES string of the molecule is CC(C)(CN=[N+]=[N-])CC(=O)OCCOC(=O)CC(C)(C)CN=[N+]=[N-]. The van der Waals surface area contributed by atoms with Gasteiger partial charge in [0, 0.05) is 22.9 Å². The number of rotatable bonds is 11. The Hall–Kier alpha value is -2.44. The van der Waals surface area contributed by atoms with Crippen LogP contribution < -0.4 is 0 Å². The molecule has 10 heteroatoms. The van der Waals surface area contributed by atoms with Crippen molar-refractivity contribution in [3.8, 4) is 0 Å². The first-order chi connectivity index (χ1) is 11.1. The summed E-state index contributed by atoms with van der Waals surface area (Å²) in [4.78, 5) is 28.7. The van der Waals surface area contributed by atoms with Crippen LogP contribution in [0.1, 0.15) is 40.5 Å². The summed E-state index contributed by atoms with van der Waals surface area (Å²) in [7, 11) is 0. The third-order valence-corrected chi connectivity index (χ3v) is 2.98. The van der Waals surface area contributed by atoms with Crippen LogP contribution in [0, 0.1) is 10.8 Å². The molecule has 0 aromatic heterocycles. The third kappa shape index (κ3) is 11.2. The van der Waals surface area contributed by atoms with Crippen LogP contribution in [0.5, 0.6) is 0 Å². The summed E-state index contributed by atoms with van der Waals surface area (Å²) >= 11 is 0. The van der Waals surface area contributed by atoms with Crippen LogP contribution in [0.3, 0.4) is 0 Å². The van der Waals surface area contributed by atoms with E-state index in [1.165, 1.54) is 0 Å². The molecule has 134 valence electrons. The second-order valence-electron chi connectivity index (χ2n) is 6.90. The normalized spacial score (nSPS) is 11.0. The van der Waals surface area contributed by atoms with Gasteiger partial charge in [-0.05, 0) is 21.9 Å². The van der Waals surface area contributed by atoms with E-state index in [9.17, 15) is 9.59 Å². The van der Waals surface area contributed by atoms with Crippen LogP contribution in [0.2, 0.25) is 0 Å². The molecule has 0 fully saturated rings. The highest BCUT2D eigenvalue weighted by Gasteiger charge is 2.23. The Bertz CT molecular complexity index is 485. The summed E-state index contributed by atoms with van der Waals surface area (Å²) in [6, 6.07) is 0. The van der Waals surface area contributed by atoms with Gasteiger partial charge in [-0.25, -0.2) is 0 Å². The molecule has 0 N–H and O–H groups in total. The van der Waals surface area contributed by atoms with E-state index in [0.29, 0.717) is 0 Å². The van der Waals surface area contributed by atoms with E-state index in [1.54, 1.807) is 27.7 Å². The molecule has 0 spiro atoms. The maximum Gasteiger partial charge on any atom is 0.306 e. The zero-order valence-electron chi connectivity index (χ0n) is 14.6. The van der Waals surface area contributed by atoms with Gasteiger partial charge >= 0.3 is 11.9 Å². The fourth-order valence-electron chi connectivity index (χ4n) is 1.75. The van der Waals surface area contributed by atoms with Gasteiger partial charge in [-0.15, -0.1) is 0 Å². The van der Waals surface area contributed by atoms with Gasteiger partial charge in [-0.3, -0.25) is 9.59 Å². The first-order valence-corrected chi connectivity index (χ1v) is 7.45. The summed E-state index contributed by atoms with van der Waals surface area (Å²) in [5, 5.41) is 6.89. The van der Waals surface area contributed by atoms with E-state index >= 15 is 0 Å². The van der Waals surface area contributed by atoms with E-state index in [2.05, 4.69) is 20.1 Å². The largest absolute Gasteiger partial charge is 0.462 e. The van der Waals surface area contributed by atoms with Gasteiger partial charge in [0.05, 0.1) is 12.8 Å². The monoisotopic (exact) mass is 340 g/mol. The lowest BCUT2D eigenvalue weighted by Gasteiger charge is -2.21. The number of azide groups is 2. The Morgan fingerprint density at radius 1 is 0.833 bits per heavy atom. The van der Waals surface area contributed by atoms with Gasteiger partial charge in [0.2, 0.25) is 0 Å². The molecule has 24 heavy (non-hydrogen) atoms. The van der Waals surface area contributed by atoms with Crippen molar-refractivity contribution in [2.24, 2.45) is 21.1 Å². The predicted molar refractivity (Wildman–Crippen MR) is 86.7 cm³/mol. The minimum absolute atomic E-state index is 0.0427. The van der Waals surface area contributed by atoms with Crippen LogP contribution in [0.4, 0.5) is 0 Å². The van der Waals surface area contributed by atoms with Crippen molar-refractivity contribution < 1.29 is 19.1 Å². The Kier molecular flexibility index (Phi) is 9.30. The number of carbonyl (C=O) groups is 2. The Morgan fingerprint density at radius 2 is 1.17 bits per heavy atom. The molecular formula is C14H24N6O4. The van der Waals surface area contributed by atoms with Crippen LogP contribution in [0.15, 0.2) is 10.2 Å². The molecule has 10 nitrogen and oxygen atoms in total. The van der Waals surface area contributed by atoms with Crippen LogP contribution in [-0.2, 0) is 19.1 Å². The second kappa shape index (κ2) is 10.4. The first-order valence-electron chi connectivity index (χ1n) is 7.45. The Labute approximate surface area is 140 Å². The molecule has 0 unspecified atom stereocenters. The summed E-state index contributed by atoms with van der Waals surface area (Å²) in [5.74, 6) is -0.902. The molecule has 0 saturated carbocycles. The lowest BCUT2D eigenvalue weighted by Crippen LogP contribution is -2.24. The highest BCUT2D eigenvalue weighted by Crippen LogP contribution is 2.22. The summed E-state index contributed by atoms with van der Waals surface area (Å²) < 4.78 is 9.97.